The predicted octanol–water partition coefficient (Wildman–Crippen LogP) is 1.15. The molecule has 1 amide bonds. The van der Waals surface area contributed by atoms with Crippen LogP contribution >= 0.6 is 0 Å². The van der Waals surface area contributed by atoms with Gasteiger partial charge in [0.25, 0.3) is 5.91 Å². The fourth-order valence-electron chi connectivity index (χ4n) is 3.14. The second-order valence-electron chi connectivity index (χ2n) is 6.51. The molecule has 0 unspecified atom stereocenters. The lowest BCUT2D eigenvalue weighted by molar-refractivity contribution is -0.114. The van der Waals surface area contributed by atoms with Gasteiger partial charge in [-0.15, -0.1) is 0 Å². The van der Waals surface area contributed by atoms with E-state index in [-0.39, 0.29) is 5.91 Å². The highest BCUT2D eigenvalue weighted by Gasteiger charge is 2.20. The molecule has 3 rings (SSSR count). The Morgan fingerprint density at radius 2 is 1.65 bits per heavy atom. The Labute approximate surface area is 154 Å². The van der Waals surface area contributed by atoms with Crippen molar-refractivity contribution in [2.45, 2.75) is 6.42 Å². The number of nitrogen functional groups attached to an aromatic ring is 1. The average molecular weight is 360 g/mol. The van der Waals surface area contributed by atoms with Crippen LogP contribution in [0.1, 0.15) is 6.42 Å². The number of nitrogens with two attached hydrogens (primary N) is 1. The molecule has 2 fully saturated rings. The summed E-state index contributed by atoms with van der Waals surface area (Å²) in [7, 11) is 0. The number of benzene rings is 1. The molecule has 3 N–H and O–H groups in total. The zero-order chi connectivity index (χ0) is 18.2. The Morgan fingerprint density at radius 1 is 1.04 bits per heavy atom. The van der Waals surface area contributed by atoms with Crippen molar-refractivity contribution in [2.75, 3.05) is 70.2 Å². The minimum Gasteiger partial charge on any atom is -0.399 e. The van der Waals surface area contributed by atoms with Crippen molar-refractivity contribution in [3.8, 4) is 0 Å². The van der Waals surface area contributed by atoms with Gasteiger partial charge in [-0.1, -0.05) is 6.08 Å². The van der Waals surface area contributed by atoms with Crippen LogP contribution in [0, 0.1) is 0 Å². The molecule has 0 spiro atoms. The maximum Gasteiger partial charge on any atom is 0.271 e. The molecule has 0 aromatic heterocycles. The van der Waals surface area contributed by atoms with E-state index in [4.69, 9.17) is 15.2 Å². The van der Waals surface area contributed by atoms with Gasteiger partial charge in [0.15, 0.2) is 0 Å². The van der Waals surface area contributed by atoms with E-state index in [1.807, 2.05) is 18.2 Å². The van der Waals surface area contributed by atoms with E-state index in [9.17, 15) is 4.79 Å². The molecule has 7 nitrogen and oxygen atoms in total. The van der Waals surface area contributed by atoms with E-state index in [2.05, 4.69) is 15.1 Å². The van der Waals surface area contributed by atoms with Crippen molar-refractivity contribution < 1.29 is 14.3 Å². The fraction of sp³-hybridized carbons (Fsp3) is 0.526. The van der Waals surface area contributed by atoms with Crippen molar-refractivity contribution >= 4 is 17.3 Å². The zero-order valence-corrected chi connectivity index (χ0v) is 15.2. The van der Waals surface area contributed by atoms with Crippen LogP contribution in [0.3, 0.4) is 0 Å². The molecule has 2 heterocycles. The Bertz CT molecular complexity index is 606. The lowest BCUT2D eigenvalue weighted by Crippen LogP contribution is -2.40. The third-order valence-electron chi connectivity index (χ3n) is 4.64. The van der Waals surface area contributed by atoms with E-state index in [1.165, 1.54) is 0 Å². The molecule has 0 saturated carbocycles. The summed E-state index contributed by atoms with van der Waals surface area (Å²) in [5, 5.41) is 2.98. The predicted molar refractivity (Wildman–Crippen MR) is 102 cm³/mol. The van der Waals surface area contributed by atoms with E-state index in [0.717, 1.165) is 63.7 Å². The third kappa shape index (κ3) is 5.45. The molecule has 0 atom stereocenters. The molecule has 7 heteroatoms. The van der Waals surface area contributed by atoms with E-state index in [1.54, 1.807) is 12.1 Å². The number of anilines is 2. The van der Waals surface area contributed by atoms with Crippen molar-refractivity contribution in [1.82, 2.24) is 9.80 Å². The second kappa shape index (κ2) is 9.56. The lowest BCUT2D eigenvalue weighted by atomic mass is 10.2. The summed E-state index contributed by atoms with van der Waals surface area (Å²) in [5.41, 5.74) is 7.86. The van der Waals surface area contributed by atoms with Crippen LogP contribution in [0.2, 0.25) is 0 Å². The Balaban J connectivity index is 1.64. The second-order valence-corrected chi connectivity index (χ2v) is 6.51. The molecule has 2 aliphatic heterocycles. The maximum absolute atomic E-state index is 12.9. The first-order valence-electron chi connectivity index (χ1n) is 9.22. The van der Waals surface area contributed by atoms with Gasteiger partial charge in [-0.3, -0.25) is 9.69 Å². The number of nitrogens with zero attached hydrogens (tertiary/aromatic N) is 2. The average Bonchev–Trinajstić information content (AvgIpc) is 2.68. The molecular formula is C19H28N4O3. The first kappa shape index (κ1) is 18.7. The summed E-state index contributed by atoms with van der Waals surface area (Å²) in [6.45, 7) is 7.20. The molecule has 2 saturated heterocycles. The van der Waals surface area contributed by atoms with Crippen molar-refractivity contribution in [2.24, 2.45) is 0 Å². The van der Waals surface area contributed by atoms with Gasteiger partial charge < -0.3 is 25.4 Å². The van der Waals surface area contributed by atoms with Crippen molar-refractivity contribution in [3.63, 3.8) is 0 Å². The largest absolute Gasteiger partial charge is 0.399 e. The van der Waals surface area contributed by atoms with Crippen LogP contribution < -0.4 is 11.1 Å². The Kier molecular flexibility index (Phi) is 6.88. The number of carbonyl (C=O) groups is 1. The number of hydrogen-bond acceptors (Lipinski definition) is 6. The first-order valence-corrected chi connectivity index (χ1v) is 9.22. The molecule has 0 radical (unpaired) electrons. The van der Waals surface area contributed by atoms with Gasteiger partial charge in [-0.05, 0) is 30.7 Å². The van der Waals surface area contributed by atoms with Gasteiger partial charge in [0.05, 0.1) is 32.1 Å². The van der Waals surface area contributed by atoms with E-state index < -0.39 is 0 Å². The molecule has 142 valence electrons. The smallest absolute Gasteiger partial charge is 0.271 e. The van der Waals surface area contributed by atoms with Crippen LogP contribution in [0.15, 0.2) is 36.0 Å². The topological polar surface area (TPSA) is 80.1 Å². The standard InChI is InChI=1S/C19H28N4O3/c20-16-3-5-17(6-4-16)21-19(24)18(23-10-14-26-15-11-23)2-1-7-22-8-12-25-13-9-22/h2-6H,1,7-15,20H2,(H,21,24)/b18-2+. The normalized spacial score (nSPS) is 19.4. The van der Waals surface area contributed by atoms with Crippen LogP contribution in [-0.4, -0.2) is 74.9 Å². The minimum absolute atomic E-state index is 0.0846. The van der Waals surface area contributed by atoms with Crippen LogP contribution in [0.5, 0.6) is 0 Å². The zero-order valence-electron chi connectivity index (χ0n) is 15.2. The quantitative estimate of drug-likeness (QED) is 0.585. The molecule has 0 aliphatic carbocycles. The van der Waals surface area contributed by atoms with Gasteiger partial charge >= 0.3 is 0 Å². The summed E-state index contributed by atoms with van der Waals surface area (Å²) < 4.78 is 10.8. The van der Waals surface area contributed by atoms with Crippen molar-refractivity contribution in [1.29, 1.82) is 0 Å². The Hall–Kier alpha value is -2.09. The number of morpholine rings is 2. The molecule has 26 heavy (non-hydrogen) atoms. The monoisotopic (exact) mass is 360 g/mol. The lowest BCUT2D eigenvalue weighted by Gasteiger charge is -2.31. The first-order chi connectivity index (χ1) is 12.7. The van der Waals surface area contributed by atoms with Crippen LogP contribution in [0.25, 0.3) is 0 Å². The molecule has 0 bridgehead atoms. The van der Waals surface area contributed by atoms with Gasteiger partial charge in [0.1, 0.15) is 0 Å². The number of carbonyl (C=O) groups excluding carboxylic acids is 1. The SMILES string of the molecule is Nc1ccc(NC(=O)/C(=C\CCN2CCOCC2)N2CCOCC2)cc1. The highest BCUT2D eigenvalue weighted by atomic mass is 16.5. The third-order valence-corrected chi connectivity index (χ3v) is 4.64. The highest BCUT2D eigenvalue weighted by Crippen LogP contribution is 2.15. The summed E-state index contributed by atoms with van der Waals surface area (Å²) >= 11 is 0. The summed E-state index contributed by atoms with van der Waals surface area (Å²) in [6.07, 6.45) is 2.88. The number of hydrogen-bond donors (Lipinski definition) is 2. The minimum atomic E-state index is -0.0846. The van der Waals surface area contributed by atoms with E-state index >= 15 is 0 Å². The maximum atomic E-state index is 12.9. The molecule has 2 aliphatic rings. The van der Waals surface area contributed by atoms with Gasteiger partial charge in [0.2, 0.25) is 0 Å². The number of rotatable bonds is 6. The van der Waals surface area contributed by atoms with Gasteiger partial charge in [-0.2, -0.15) is 0 Å². The Morgan fingerprint density at radius 3 is 2.31 bits per heavy atom. The fourth-order valence-corrected chi connectivity index (χ4v) is 3.14. The summed E-state index contributed by atoms with van der Waals surface area (Å²) in [5.74, 6) is -0.0846. The van der Waals surface area contributed by atoms with Crippen molar-refractivity contribution in [3.05, 3.63) is 36.0 Å². The summed E-state index contributed by atoms with van der Waals surface area (Å²) in [6, 6.07) is 7.20. The summed E-state index contributed by atoms with van der Waals surface area (Å²) in [4.78, 5) is 17.3. The van der Waals surface area contributed by atoms with E-state index in [0.29, 0.717) is 18.9 Å². The number of nitrogens with one attached hydrogen (secondary N) is 1. The molecule has 1 aromatic rings. The molecular weight excluding hydrogens is 332 g/mol. The highest BCUT2D eigenvalue weighted by molar-refractivity contribution is 6.03. The van der Waals surface area contributed by atoms with Gasteiger partial charge in [0, 0.05) is 44.1 Å². The molecule has 1 aromatic carbocycles. The van der Waals surface area contributed by atoms with Crippen LogP contribution in [-0.2, 0) is 14.3 Å². The number of amides is 1. The van der Waals surface area contributed by atoms with Crippen LogP contribution in [0.4, 0.5) is 11.4 Å². The van der Waals surface area contributed by atoms with Gasteiger partial charge in [-0.25, -0.2) is 0 Å². The number of ether oxygens (including phenoxy) is 2.